The van der Waals surface area contributed by atoms with Crippen molar-refractivity contribution in [2.45, 2.75) is 32.2 Å². The Hall–Kier alpha value is -2.09. The first-order valence-electron chi connectivity index (χ1n) is 7.58. The minimum absolute atomic E-state index is 0. The third-order valence-corrected chi connectivity index (χ3v) is 3.93. The Bertz CT molecular complexity index is 819. The van der Waals surface area contributed by atoms with Gasteiger partial charge >= 0.3 is 5.69 Å². The number of fused-ring (bicyclic) bond motifs is 1. The van der Waals surface area contributed by atoms with Gasteiger partial charge < -0.3 is 9.88 Å². The molecule has 1 aliphatic rings. The van der Waals surface area contributed by atoms with Gasteiger partial charge in [-0.1, -0.05) is 6.42 Å². The molecule has 3 rings (SSSR count). The molecule has 23 heavy (non-hydrogen) atoms. The molecule has 0 aliphatic carbocycles. The molecule has 0 saturated heterocycles. The van der Waals surface area contributed by atoms with Crippen LogP contribution in [0.4, 0.5) is 0 Å². The van der Waals surface area contributed by atoms with E-state index >= 15 is 0 Å². The second-order valence-electron chi connectivity index (χ2n) is 5.49. The Labute approximate surface area is 139 Å². The fourth-order valence-corrected chi connectivity index (χ4v) is 2.69. The second kappa shape index (κ2) is 7.45. The lowest BCUT2D eigenvalue weighted by Crippen LogP contribution is -2.30. The number of aryl methyl sites for hydroxylation is 1. The number of amidine groups is 1. The molecule has 0 saturated carbocycles. The first-order valence-corrected chi connectivity index (χ1v) is 7.58. The van der Waals surface area contributed by atoms with Crippen LogP contribution in [0.5, 0.6) is 0 Å². The van der Waals surface area contributed by atoms with Gasteiger partial charge in [0.05, 0.1) is 12.2 Å². The van der Waals surface area contributed by atoms with Gasteiger partial charge in [-0.2, -0.15) is 0 Å². The molecular formula is C14H21ClN6O2. The summed E-state index contributed by atoms with van der Waals surface area (Å²) in [4.78, 5) is 34.5. The van der Waals surface area contributed by atoms with Gasteiger partial charge in [-0.15, -0.1) is 12.4 Å². The standard InChI is InChI=1S/C14H20N6O2.ClH/c1-19-12-11(13(21)18-14(19)22)20(9-17-12)8-7-16-10-5-3-2-4-6-15-10;/h9H,2-8H2,1H3,(H,15,16)(H,18,21,22);1H. The van der Waals surface area contributed by atoms with Crippen molar-refractivity contribution >= 4 is 29.4 Å². The number of hydrogen-bond acceptors (Lipinski definition) is 5. The van der Waals surface area contributed by atoms with Gasteiger partial charge in [0, 0.05) is 33.1 Å². The number of aliphatic imine (C=N–C) groups is 1. The lowest BCUT2D eigenvalue weighted by Gasteiger charge is -2.09. The van der Waals surface area contributed by atoms with Gasteiger partial charge in [-0.05, 0) is 12.8 Å². The molecule has 0 radical (unpaired) electrons. The van der Waals surface area contributed by atoms with E-state index in [2.05, 4.69) is 20.3 Å². The molecule has 2 N–H and O–H groups in total. The van der Waals surface area contributed by atoms with E-state index in [0.717, 1.165) is 25.2 Å². The van der Waals surface area contributed by atoms with Crippen LogP contribution in [0, 0.1) is 0 Å². The maximum Gasteiger partial charge on any atom is 0.329 e. The second-order valence-corrected chi connectivity index (χ2v) is 5.49. The monoisotopic (exact) mass is 340 g/mol. The minimum atomic E-state index is -0.450. The summed E-state index contributed by atoms with van der Waals surface area (Å²) in [5, 5.41) is 3.33. The summed E-state index contributed by atoms with van der Waals surface area (Å²) >= 11 is 0. The van der Waals surface area contributed by atoms with Crippen molar-refractivity contribution in [3.05, 3.63) is 27.2 Å². The number of aromatic nitrogens is 4. The van der Waals surface area contributed by atoms with Crippen LogP contribution in [0.15, 0.2) is 20.9 Å². The van der Waals surface area contributed by atoms with Crippen molar-refractivity contribution in [1.82, 2.24) is 24.4 Å². The number of aromatic amines is 1. The maximum absolute atomic E-state index is 12.0. The summed E-state index contributed by atoms with van der Waals surface area (Å²) in [6, 6.07) is 0. The minimum Gasteiger partial charge on any atom is -0.372 e. The van der Waals surface area contributed by atoms with Crippen LogP contribution in [0.2, 0.25) is 0 Å². The Balaban J connectivity index is 0.00000192. The molecule has 2 aromatic heterocycles. The van der Waals surface area contributed by atoms with E-state index in [0.29, 0.717) is 24.3 Å². The first-order chi connectivity index (χ1) is 10.7. The van der Waals surface area contributed by atoms with E-state index in [9.17, 15) is 9.59 Å². The SMILES string of the molecule is Cl.Cn1c(=O)[nH]c(=O)c2c1ncn2CCNC1=NCCCCC1. The summed E-state index contributed by atoms with van der Waals surface area (Å²) in [6.45, 7) is 2.15. The average Bonchev–Trinajstić information content (AvgIpc) is 2.74. The van der Waals surface area contributed by atoms with Gasteiger partial charge in [0.25, 0.3) is 5.56 Å². The molecule has 3 heterocycles. The third kappa shape index (κ3) is 3.64. The molecule has 0 unspecified atom stereocenters. The molecule has 1 aliphatic heterocycles. The first kappa shape index (κ1) is 17.3. The number of rotatable bonds is 3. The Kier molecular flexibility index (Phi) is 5.59. The lowest BCUT2D eigenvalue weighted by molar-refractivity contribution is 0.678. The lowest BCUT2D eigenvalue weighted by atomic mass is 10.2. The molecular weight excluding hydrogens is 320 g/mol. The van der Waals surface area contributed by atoms with E-state index < -0.39 is 11.2 Å². The number of H-pyrrole nitrogens is 1. The quantitative estimate of drug-likeness (QED) is 0.845. The molecule has 0 atom stereocenters. The van der Waals surface area contributed by atoms with Crippen molar-refractivity contribution < 1.29 is 0 Å². The highest BCUT2D eigenvalue weighted by atomic mass is 35.5. The summed E-state index contributed by atoms with van der Waals surface area (Å²) in [7, 11) is 1.59. The normalized spacial score (nSPS) is 14.9. The van der Waals surface area contributed by atoms with Crippen LogP contribution in [0.3, 0.4) is 0 Å². The Morgan fingerprint density at radius 1 is 1.30 bits per heavy atom. The summed E-state index contributed by atoms with van der Waals surface area (Å²) in [5.74, 6) is 1.04. The molecule has 8 nitrogen and oxygen atoms in total. The van der Waals surface area contributed by atoms with Crippen molar-refractivity contribution in [3.8, 4) is 0 Å². The number of hydrogen-bond donors (Lipinski definition) is 2. The smallest absolute Gasteiger partial charge is 0.329 e. The Morgan fingerprint density at radius 2 is 2.13 bits per heavy atom. The number of nitrogens with zero attached hydrogens (tertiary/aromatic N) is 4. The molecule has 0 spiro atoms. The van der Waals surface area contributed by atoms with Crippen LogP contribution in [0.25, 0.3) is 11.2 Å². The molecule has 126 valence electrons. The summed E-state index contributed by atoms with van der Waals surface area (Å²) < 4.78 is 3.11. The summed E-state index contributed by atoms with van der Waals surface area (Å²) in [5.41, 5.74) is -0.0247. The highest BCUT2D eigenvalue weighted by Crippen LogP contribution is 2.07. The molecule has 0 amide bonds. The third-order valence-electron chi connectivity index (χ3n) is 3.93. The average molecular weight is 341 g/mol. The molecule has 9 heteroatoms. The van der Waals surface area contributed by atoms with E-state index in [1.165, 1.54) is 17.4 Å². The highest BCUT2D eigenvalue weighted by molar-refractivity contribution is 5.85. The highest BCUT2D eigenvalue weighted by Gasteiger charge is 2.11. The fourth-order valence-electron chi connectivity index (χ4n) is 2.69. The molecule has 0 fully saturated rings. The zero-order valence-electron chi connectivity index (χ0n) is 13.0. The van der Waals surface area contributed by atoms with Crippen LogP contribution in [-0.4, -0.2) is 38.0 Å². The number of halogens is 1. The number of nitrogens with one attached hydrogen (secondary N) is 2. The summed E-state index contributed by atoms with van der Waals surface area (Å²) in [6.07, 6.45) is 6.13. The number of imidazole rings is 1. The van der Waals surface area contributed by atoms with Crippen LogP contribution in [-0.2, 0) is 13.6 Å². The van der Waals surface area contributed by atoms with Crippen molar-refractivity contribution in [2.75, 3.05) is 13.1 Å². The van der Waals surface area contributed by atoms with Crippen molar-refractivity contribution in [1.29, 1.82) is 0 Å². The van der Waals surface area contributed by atoms with Gasteiger partial charge in [-0.25, -0.2) is 9.78 Å². The van der Waals surface area contributed by atoms with Crippen LogP contribution < -0.4 is 16.6 Å². The zero-order valence-corrected chi connectivity index (χ0v) is 13.9. The predicted molar refractivity (Wildman–Crippen MR) is 91.6 cm³/mol. The Morgan fingerprint density at radius 3 is 2.96 bits per heavy atom. The van der Waals surface area contributed by atoms with E-state index in [-0.39, 0.29) is 12.4 Å². The largest absolute Gasteiger partial charge is 0.372 e. The topological polar surface area (TPSA) is 97.1 Å². The van der Waals surface area contributed by atoms with Gasteiger partial charge in [0.15, 0.2) is 11.2 Å². The van der Waals surface area contributed by atoms with Crippen LogP contribution in [0.1, 0.15) is 25.7 Å². The fraction of sp³-hybridized carbons (Fsp3) is 0.571. The zero-order chi connectivity index (χ0) is 15.5. The van der Waals surface area contributed by atoms with E-state index in [1.54, 1.807) is 17.9 Å². The predicted octanol–water partition coefficient (Wildman–Crippen LogP) is 0.407. The molecule has 0 bridgehead atoms. The van der Waals surface area contributed by atoms with Gasteiger partial charge in [0.1, 0.15) is 0 Å². The molecule has 0 aromatic carbocycles. The van der Waals surface area contributed by atoms with Gasteiger partial charge in [0.2, 0.25) is 0 Å². The van der Waals surface area contributed by atoms with Crippen molar-refractivity contribution in [2.24, 2.45) is 12.0 Å². The maximum atomic E-state index is 12.0. The van der Waals surface area contributed by atoms with Gasteiger partial charge in [-0.3, -0.25) is 19.3 Å². The molecule has 2 aromatic rings. The van der Waals surface area contributed by atoms with Crippen LogP contribution >= 0.6 is 12.4 Å². The van der Waals surface area contributed by atoms with E-state index in [1.807, 2.05) is 0 Å². The van der Waals surface area contributed by atoms with Crippen molar-refractivity contribution in [3.63, 3.8) is 0 Å². The van der Waals surface area contributed by atoms with E-state index in [4.69, 9.17) is 0 Å².